The third kappa shape index (κ3) is 2.15. The normalized spacial score (nSPS) is 9.82. The SMILES string of the molecule is COc1c(C(=O)O)cc(C(=O)O)c(C)c1OC. The lowest BCUT2D eigenvalue weighted by Crippen LogP contribution is -2.09. The van der Waals surface area contributed by atoms with Crippen molar-refractivity contribution in [2.45, 2.75) is 6.92 Å². The highest BCUT2D eigenvalue weighted by Crippen LogP contribution is 2.36. The Bertz CT molecular complexity index is 477. The molecule has 0 heterocycles. The van der Waals surface area contributed by atoms with Crippen molar-refractivity contribution in [1.82, 2.24) is 0 Å². The van der Waals surface area contributed by atoms with Crippen molar-refractivity contribution in [3.8, 4) is 11.5 Å². The van der Waals surface area contributed by atoms with E-state index in [0.29, 0.717) is 5.56 Å². The lowest BCUT2D eigenvalue weighted by molar-refractivity contribution is 0.0692. The fraction of sp³-hybridized carbons (Fsp3) is 0.273. The summed E-state index contributed by atoms with van der Waals surface area (Å²) in [4.78, 5) is 22.0. The molecule has 0 aliphatic heterocycles. The fourth-order valence-corrected chi connectivity index (χ4v) is 1.56. The van der Waals surface area contributed by atoms with Gasteiger partial charge in [-0.2, -0.15) is 0 Å². The highest BCUT2D eigenvalue weighted by molar-refractivity contribution is 5.98. The highest BCUT2D eigenvalue weighted by atomic mass is 16.5. The molecule has 0 saturated carbocycles. The first kappa shape index (κ1) is 12.8. The summed E-state index contributed by atoms with van der Waals surface area (Å²) in [5.41, 5.74) is -0.0470. The smallest absolute Gasteiger partial charge is 0.339 e. The standard InChI is InChI=1S/C11H12O6/c1-5-6(10(12)13)4-7(11(14)15)9(17-3)8(5)16-2/h4H,1-3H3,(H,12,13)(H,14,15). The highest BCUT2D eigenvalue weighted by Gasteiger charge is 2.23. The van der Waals surface area contributed by atoms with Gasteiger partial charge in [0.2, 0.25) is 0 Å². The van der Waals surface area contributed by atoms with E-state index in [1.54, 1.807) is 0 Å². The number of benzene rings is 1. The van der Waals surface area contributed by atoms with Gasteiger partial charge in [-0.25, -0.2) is 9.59 Å². The number of carbonyl (C=O) groups is 2. The Balaban J connectivity index is 3.67. The Labute approximate surface area is 97.4 Å². The number of carboxylic acids is 2. The molecule has 17 heavy (non-hydrogen) atoms. The molecule has 0 bridgehead atoms. The topological polar surface area (TPSA) is 93.1 Å². The molecule has 0 spiro atoms. The Morgan fingerprint density at radius 1 is 1.00 bits per heavy atom. The van der Waals surface area contributed by atoms with Crippen LogP contribution in [0.15, 0.2) is 6.07 Å². The molecular weight excluding hydrogens is 228 g/mol. The molecule has 0 saturated heterocycles. The van der Waals surface area contributed by atoms with Crippen molar-refractivity contribution < 1.29 is 29.3 Å². The minimum Gasteiger partial charge on any atom is -0.493 e. The van der Waals surface area contributed by atoms with Crippen LogP contribution in [0, 0.1) is 6.92 Å². The van der Waals surface area contributed by atoms with Crippen LogP contribution in [0.25, 0.3) is 0 Å². The van der Waals surface area contributed by atoms with Crippen LogP contribution in [-0.4, -0.2) is 36.4 Å². The minimum absolute atomic E-state index is 0.0162. The first-order chi connectivity index (χ1) is 7.93. The summed E-state index contributed by atoms with van der Waals surface area (Å²) >= 11 is 0. The molecule has 2 N–H and O–H groups in total. The molecule has 0 fully saturated rings. The third-order valence-corrected chi connectivity index (χ3v) is 2.35. The van der Waals surface area contributed by atoms with E-state index in [-0.39, 0.29) is 22.6 Å². The summed E-state index contributed by atoms with van der Waals surface area (Å²) in [5, 5.41) is 18.0. The number of hydrogen-bond donors (Lipinski definition) is 2. The zero-order chi connectivity index (χ0) is 13.2. The zero-order valence-corrected chi connectivity index (χ0v) is 9.60. The molecule has 0 radical (unpaired) electrons. The third-order valence-electron chi connectivity index (χ3n) is 2.35. The number of hydrogen-bond acceptors (Lipinski definition) is 4. The Kier molecular flexibility index (Phi) is 3.57. The van der Waals surface area contributed by atoms with Gasteiger partial charge in [-0.15, -0.1) is 0 Å². The second-order valence-corrected chi connectivity index (χ2v) is 3.27. The lowest BCUT2D eigenvalue weighted by Gasteiger charge is -2.14. The van der Waals surface area contributed by atoms with Crippen LogP contribution in [0.3, 0.4) is 0 Å². The van der Waals surface area contributed by atoms with Crippen molar-refractivity contribution in [3.05, 3.63) is 22.8 Å². The number of rotatable bonds is 4. The largest absolute Gasteiger partial charge is 0.493 e. The van der Waals surface area contributed by atoms with Gasteiger partial charge in [-0.05, 0) is 13.0 Å². The number of ether oxygens (including phenoxy) is 2. The maximum absolute atomic E-state index is 11.0. The van der Waals surface area contributed by atoms with E-state index in [0.717, 1.165) is 6.07 Å². The molecule has 0 amide bonds. The molecule has 1 aromatic carbocycles. The van der Waals surface area contributed by atoms with Gasteiger partial charge in [0.25, 0.3) is 0 Å². The Hall–Kier alpha value is -2.24. The van der Waals surface area contributed by atoms with Crippen LogP contribution in [0.5, 0.6) is 11.5 Å². The average Bonchev–Trinajstić information content (AvgIpc) is 2.27. The quantitative estimate of drug-likeness (QED) is 0.826. The van der Waals surface area contributed by atoms with E-state index in [2.05, 4.69) is 0 Å². The molecule has 0 aromatic heterocycles. The minimum atomic E-state index is -1.28. The van der Waals surface area contributed by atoms with Gasteiger partial charge in [-0.3, -0.25) is 0 Å². The fourth-order valence-electron chi connectivity index (χ4n) is 1.56. The van der Waals surface area contributed by atoms with Gasteiger partial charge in [0, 0.05) is 5.56 Å². The number of methoxy groups -OCH3 is 2. The van der Waals surface area contributed by atoms with Crippen molar-refractivity contribution in [2.75, 3.05) is 14.2 Å². The molecule has 0 aliphatic carbocycles. The van der Waals surface area contributed by atoms with E-state index in [1.807, 2.05) is 0 Å². The lowest BCUT2D eigenvalue weighted by atomic mass is 10.0. The molecule has 1 aromatic rings. The zero-order valence-electron chi connectivity index (χ0n) is 9.60. The van der Waals surface area contributed by atoms with E-state index in [4.69, 9.17) is 19.7 Å². The predicted octanol–water partition coefficient (Wildman–Crippen LogP) is 1.41. The molecular formula is C11H12O6. The second-order valence-electron chi connectivity index (χ2n) is 3.27. The van der Waals surface area contributed by atoms with Gasteiger partial charge in [-0.1, -0.05) is 0 Å². The van der Waals surface area contributed by atoms with Gasteiger partial charge in [0.05, 0.1) is 19.8 Å². The van der Waals surface area contributed by atoms with E-state index in [9.17, 15) is 9.59 Å². The monoisotopic (exact) mass is 240 g/mol. The van der Waals surface area contributed by atoms with Crippen molar-refractivity contribution in [2.24, 2.45) is 0 Å². The predicted molar refractivity (Wildman–Crippen MR) is 58.2 cm³/mol. The molecule has 92 valence electrons. The van der Waals surface area contributed by atoms with Crippen LogP contribution in [0.1, 0.15) is 26.3 Å². The summed E-state index contributed by atoms with van der Waals surface area (Å²) in [6.07, 6.45) is 0. The van der Waals surface area contributed by atoms with E-state index in [1.165, 1.54) is 21.1 Å². The Morgan fingerprint density at radius 2 is 1.47 bits per heavy atom. The first-order valence-electron chi connectivity index (χ1n) is 4.66. The van der Waals surface area contributed by atoms with Crippen molar-refractivity contribution in [1.29, 1.82) is 0 Å². The maximum atomic E-state index is 11.0. The molecule has 6 nitrogen and oxygen atoms in total. The molecule has 0 atom stereocenters. The van der Waals surface area contributed by atoms with E-state index < -0.39 is 11.9 Å². The molecule has 0 unspecified atom stereocenters. The number of carboxylic acid groups (broad SMARTS) is 2. The van der Waals surface area contributed by atoms with Gasteiger partial charge in [0.1, 0.15) is 5.56 Å². The average molecular weight is 240 g/mol. The van der Waals surface area contributed by atoms with Crippen LogP contribution in [0.2, 0.25) is 0 Å². The summed E-state index contributed by atoms with van der Waals surface area (Å²) in [7, 11) is 2.62. The molecule has 1 rings (SSSR count). The van der Waals surface area contributed by atoms with Crippen LogP contribution in [-0.2, 0) is 0 Å². The summed E-state index contributed by atoms with van der Waals surface area (Å²) in [5.74, 6) is -2.36. The molecule has 6 heteroatoms. The van der Waals surface area contributed by atoms with Crippen LogP contribution >= 0.6 is 0 Å². The van der Waals surface area contributed by atoms with Gasteiger partial charge < -0.3 is 19.7 Å². The van der Waals surface area contributed by atoms with Gasteiger partial charge >= 0.3 is 11.9 Å². The maximum Gasteiger partial charge on any atom is 0.339 e. The number of aromatic carboxylic acids is 2. The summed E-state index contributed by atoms with van der Waals surface area (Å²) in [6.45, 7) is 1.52. The summed E-state index contributed by atoms with van der Waals surface area (Å²) in [6, 6.07) is 1.06. The van der Waals surface area contributed by atoms with E-state index >= 15 is 0 Å². The van der Waals surface area contributed by atoms with Crippen LogP contribution in [0.4, 0.5) is 0 Å². The first-order valence-corrected chi connectivity index (χ1v) is 4.66. The van der Waals surface area contributed by atoms with Crippen molar-refractivity contribution >= 4 is 11.9 Å². The second kappa shape index (κ2) is 4.73. The molecule has 0 aliphatic rings. The van der Waals surface area contributed by atoms with Gasteiger partial charge in [0.15, 0.2) is 11.5 Å². The Morgan fingerprint density at radius 3 is 1.82 bits per heavy atom. The van der Waals surface area contributed by atoms with Crippen LogP contribution < -0.4 is 9.47 Å². The van der Waals surface area contributed by atoms with Crippen molar-refractivity contribution in [3.63, 3.8) is 0 Å². The summed E-state index contributed by atoms with van der Waals surface area (Å²) < 4.78 is 9.94.